The summed E-state index contributed by atoms with van der Waals surface area (Å²) in [4.78, 5) is 18.6. The van der Waals surface area contributed by atoms with Crippen LogP contribution < -0.4 is 0 Å². The SMILES string of the molecule is O=C1C=NC=C2N=CC=C12. The van der Waals surface area contributed by atoms with Gasteiger partial charge >= 0.3 is 0 Å². The van der Waals surface area contributed by atoms with Crippen LogP contribution in [0.1, 0.15) is 0 Å². The van der Waals surface area contributed by atoms with Gasteiger partial charge in [0.15, 0.2) is 0 Å². The molecule has 2 rings (SSSR count). The third-order valence-electron chi connectivity index (χ3n) is 1.38. The summed E-state index contributed by atoms with van der Waals surface area (Å²) in [5.74, 6) is -0.0602. The lowest BCUT2D eigenvalue weighted by atomic mass is 10.1. The van der Waals surface area contributed by atoms with E-state index in [1.807, 2.05) is 0 Å². The van der Waals surface area contributed by atoms with Crippen LogP contribution in [0.2, 0.25) is 0 Å². The Kier molecular flexibility index (Phi) is 0.917. The van der Waals surface area contributed by atoms with E-state index in [1.165, 1.54) is 6.21 Å². The van der Waals surface area contributed by atoms with Crippen molar-refractivity contribution in [2.75, 3.05) is 0 Å². The van der Waals surface area contributed by atoms with Gasteiger partial charge in [-0.25, -0.2) is 0 Å². The van der Waals surface area contributed by atoms with Gasteiger partial charge in [-0.2, -0.15) is 0 Å². The fourth-order valence-electron chi connectivity index (χ4n) is 0.903. The minimum Gasteiger partial charge on any atom is -0.287 e. The number of carbonyl (C=O) groups is 1. The highest BCUT2D eigenvalue weighted by Crippen LogP contribution is 2.18. The van der Waals surface area contributed by atoms with Crippen molar-refractivity contribution in [3.63, 3.8) is 0 Å². The first-order chi connectivity index (χ1) is 4.88. The first-order valence-corrected chi connectivity index (χ1v) is 2.90. The molecule has 0 aromatic carbocycles. The summed E-state index contributed by atoms with van der Waals surface area (Å²) in [5.41, 5.74) is 1.32. The lowest BCUT2D eigenvalue weighted by Crippen LogP contribution is -2.06. The quantitative estimate of drug-likeness (QED) is 0.473. The van der Waals surface area contributed by atoms with Crippen LogP contribution in [0.4, 0.5) is 0 Å². The Morgan fingerprint density at radius 3 is 3.10 bits per heavy atom. The van der Waals surface area contributed by atoms with Gasteiger partial charge in [0.2, 0.25) is 5.78 Å². The molecule has 0 unspecified atom stereocenters. The number of allylic oxidation sites excluding steroid dienone is 2. The highest BCUT2D eigenvalue weighted by Gasteiger charge is 2.16. The van der Waals surface area contributed by atoms with Gasteiger partial charge in [-0.3, -0.25) is 14.8 Å². The Labute approximate surface area is 57.5 Å². The third kappa shape index (κ3) is 0.572. The molecule has 48 valence electrons. The van der Waals surface area contributed by atoms with Crippen molar-refractivity contribution >= 4 is 18.2 Å². The van der Waals surface area contributed by atoms with Gasteiger partial charge in [0.1, 0.15) is 0 Å². The molecule has 0 fully saturated rings. The molecule has 0 aromatic heterocycles. The lowest BCUT2D eigenvalue weighted by molar-refractivity contribution is -0.109. The fraction of sp³-hybridized carbons (Fsp3) is 0. The number of hydrogen-bond acceptors (Lipinski definition) is 3. The van der Waals surface area contributed by atoms with Crippen LogP contribution in [0.15, 0.2) is 33.5 Å². The van der Waals surface area contributed by atoms with Gasteiger partial charge in [0.25, 0.3) is 0 Å². The zero-order chi connectivity index (χ0) is 6.97. The van der Waals surface area contributed by atoms with E-state index in [0.717, 1.165) is 0 Å². The van der Waals surface area contributed by atoms with Crippen LogP contribution in [0.3, 0.4) is 0 Å². The number of nitrogens with zero attached hydrogens (tertiary/aromatic N) is 2. The number of hydrogen-bond donors (Lipinski definition) is 0. The lowest BCUT2D eigenvalue weighted by Gasteiger charge is -2.00. The van der Waals surface area contributed by atoms with Gasteiger partial charge in [-0.05, 0) is 6.08 Å². The van der Waals surface area contributed by atoms with E-state index < -0.39 is 0 Å². The van der Waals surface area contributed by atoms with Crippen LogP contribution in [-0.2, 0) is 4.79 Å². The van der Waals surface area contributed by atoms with Gasteiger partial charge in [0, 0.05) is 6.21 Å². The minimum absolute atomic E-state index is 0.0602. The second kappa shape index (κ2) is 1.73. The maximum atomic E-state index is 10.9. The Morgan fingerprint density at radius 2 is 2.30 bits per heavy atom. The maximum absolute atomic E-state index is 10.9. The molecule has 0 bridgehead atoms. The van der Waals surface area contributed by atoms with Gasteiger partial charge < -0.3 is 0 Å². The van der Waals surface area contributed by atoms with Crippen LogP contribution in [0.25, 0.3) is 0 Å². The molecule has 2 heterocycles. The van der Waals surface area contributed by atoms with E-state index in [9.17, 15) is 4.79 Å². The van der Waals surface area contributed by atoms with E-state index in [4.69, 9.17) is 0 Å². The normalized spacial score (nSPS) is 20.6. The molecule has 0 aromatic rings. The number of rotatable bonds is 0. The van der Waals surface area contributed by atoms with E-state index in [0.29, 0.717) is 11.3 Å². The number of aliphatic imine (C=N–C) groups is 2. The molecule has 2 aliphatic rings. The molecule has 0 amide bonds. The van der Waals surface area contributed by atoms with Crippen LogP contribution in [0.5, 0.6) is 0 Å². The summed E-state index contributed by atoms with van der Waals surface area (Å²) in [7, 11) is 0. The van der Waals surface area contributed by atoms with Crippen molar-refractivity contribution in [3.8, 4) is 0 Å². The van der Waals surface area contributed by atoms with Crippen molar-refractivity contribution in [2.45, 2.75) is 0 Å². The molecular weight excluding hydrogens is 128 g/mol. The van der Waals surface area contributed by atoms with Crippen LogP contribution in [0, 0.1) is 0 Å². The highest BCUT2D eigenvalue weighted by molar-refractivity contribution is 6.38. The largest absolute Gasteiger partial charge is 0.287 e. The molecule has 0 spiro atoms. The maximum Gasteiger partial charge on any atom is 0.206 e. The van der Waals surface area contributed by atoms with Crippen molar-refractivity contribution in [1.29, 1.82) is 0 Å². The van der Waals surface area contributed by atoms with Gasteiger partial charge in [-0.1, -0.05) is 0 Å². The van der Waals surface area contributed by atoms with E-state index in [2.05, 4.69) is 9.98 Å². The smallest absolute Gasteiger partial charge is 0.206 e. The van der Waals surface area contributed by atoms with E-state index in [1.54, 1.807) is 18.5 Å². The van der Waals surface area contributed by atoms with Crippen molar-refractivity contribution in [2.24, 2.45) is 9.98 Å². The summed E-state index contributed by atoms with van der Waals surface area (Å²) >= 11 is 0. The first kappa shape index (κ1) is 5.29. The van der Waals surface area contributed by atoms with Gasteiger partial charge in [0.05, 0.1) is 23.7 Å². The molecule has 3 heteroatoms. The Morgan fingerprint density at radius 1 is 1.40 bits per heavy atom. The molecule has 0 saturated carbocycles. The second-order valence-corrected chi connectivity index (χ2v) is 2.02. The Bertz CT molecular complexity index is 302. The standard InChI is InChI=1S/C7H4N2O/c10-7-4-8-3-6-5(7)1-2-9-6/h1-4H. The third-order valence-corrected chi connectivity index (χ3v) is 1.38. The monoisotopic (exact) mass is 132 g/mol. The summed E-state index contributed by atoms with van der Waals surface area (Å²) < 4.78 is 0. The molecule has 0 N–H and O–H groups in total. The van der Waals surface area contributed by atoms with Crippen molar-refractivity contribution < 1.29 is 4.79 Å². The average molecular weight is 132 g/mol. The highest BCUT2D eigenvalue weighted by atomic mass is 16.1. The summed E-state index contributed by atoms with van der Waals surface area (Å²) in [5, 5.41) is 0. The van der Waals surface area contributed by atoms with E-state index >= 15 is 0 Å². The zero-order valence-electron chi connectivity index (χ0n) is 5.11. The molecule has 0 radical (unpaired) electrons. The Hall–Kier alpha value is -1.51. The molecule has 0 aliphatic carbocycles. The minimum atomic E-state index is -0.0602. The Balaban J connectivity index is 2.54. The van der Waals surface area contributed by atoms with Crippen molar-refractivity contribution in [1.82, 2.24) is 0 Å². The van der Waals surface area contributed by atoms with Crippen LogP contribution in [-0.4, -0.2) is 18.2 Å². The second-order valence-electron chi connectivity index (χ2n) is 2.02. The number of Topliss-reactive ketones (excluding diaryl/α,β-unsaturated/α-hetero) is 1. The molecule has 0 saturated heterocycles. The average Bonchev–Trinajstić information content (AvgIpc) is 2.36. The zero-order valence-corrected chi connectivity index (χ0v) is 5.11. The molecule has 0 atom stereocenters. The molecule has 2 aliphatic heterocycles. The van der Waals surface area contributed by atoms with Gasteiger partial charge in [-0.15, -0.1) is 0 Å². The number of carbonyl (C=O) groups excluding carboxylic acids is 1. The predicted molar refractivity (Wildman–Crippen MR) is 38.2 cm³/mol. The van der Waals surface area contributed by atoms with Crippen molar-refractivity contribution in [3.05, 3.63) is 23.5 Å². The topological polar surface area (TPSA) is 41.8 Å². The molecule has 10 heavy (non-hydrogen) atoms. The summed E-state index contributed by atoms with van der Waals surface area (Å²) in [6, 6.07) is 0. The summed E-state index contributed by atoms with van der Waals surface area (Å²) in [6.07, 6.45) is 6.17. The van der Waals surface area contributed by atoms with Crippen LogP contribution >= 0.6 is 0 Å². The number of fused-ring (bicyclic) bond motifs is 1. The predicted octanol–water partition coefficient (Wildman–Crippen LogP) is 0.492. The first-order valence-electron chi connectivity index (χ1n) is 2.90. The fourth-order valence-corrected chi connectivity index (χ4v) is 0.903. The molecule has 3 nitrogen and oxygen atoms in total. The van der Waals surface area contributed by atoms with E-state index in [-0.39, 0.29) is 5.78 Å². The number of ketones is 1. The molecular formula is C7H4N2O. The summed E-state index contributed by atoms with van der Waals surface area (Å²) in [6.45, 7) is 0.